The maximum absolute atomic E-state index is 5.36. The number of benzene rings is 1. The smallest absolute Gasteiger partial charge is 0.141 e. The molecule has 0 amide bonds. The largest absolute Gasteiger partial charge is 0.495 e. The van der Waals surface area contributed by atoms with Gasteiger partial charge in [-0.1, -0.05) is 32.4 Å². The third-order valence-electron chi connectivity index (χ3n) is 3.69. The fourth-order valence-corrected chi connectivity index (χ4v) is 2.55. The highest BCUT2D eigenvalue weighted by atomic mass is 16.5. The minimum Gasteiger partial charge on any atom is -0.495 e. The van der Waals surface area contributed by atoms with Crippen molar-refractivity contribution >= 4 is 5.69 Å². The van der Waals surface area contributed by atoms with E-state index in [-0.39, 0.29) is 0 Å². The molecule has 2 rings (SSSR count). The summed E-state index contributed by atoms with van der Waals surface area (Å²) in [6.45, 7) is 4.68. The highest BCUT2D eigenvalue weighted by Crippen LogP contribution is 2.40. The lowest BCUT2D eigenvalue weighted by Gasteiger charge is -2.29. The molecule has 1 aromatic carbocycles. The number of hydrogen-bond acceptors (Lipinski definition) is 2. The second-order valence-electron chi connectivity index (χ2n) is 5.28. The van der Waals surface area contributed by atoms with Gasteiger partial charge in [-0.2, -0.15) is 0 Å². The average molecular weight is 219 g/mol. The van der Waals surface area contributed by atoms with Crippen molar-refractivity contribution in [3.63, 3.8) is 0 Å². The number of methoxy groups -OCH3 is 1. The van der Waals surface area contributed by atoms with Gasteiger partial charge >= 0.3 is 0 Å². The summed E-state index contributed by atoms with van der Waals surface area (Å²) in [6, 6.07) is 8.71. The zero-order chi connectivity index (χ0) is 11.6. The highest BCUT2D eigenvalue weighted by Gasteiger charge is 2.34. The molecule has 0 aromatic heterocycles. The molecule has 2 heteroatoms. The molecule has 1 aliphatic rings. The van der Waals surface area contributed by atoms with Gasteiger partial charge in [0, 0.05) is 6.04 Å². The van der Waals surface area contributed by atoms with Crippen LogP contribution >= 0.6 is 0 Å². The second-order valence-corrected chi connectivity index (χ2v) is 5.28. The molecule has 0 saturated heterocycles. The Kier molecular flexibility index (Phi) is 3.08. The van der Waals surface area contributed by atoms with Gasteiger partial charge < -0.3 is 10.1 Å². The maximum Gasteiger partial charge on any atom is 0.141 e. The van der Waals surface area contributed by atoms with Crippen LogP contribution in [0.15, 0.2) is 24.3 Å². The number of hydrogen-bond donors (Lipinski definition) is 1. The Morgan fingerprint density at radius 2 is 2.06 bits per heavy atom. The van der Waals surface area contributed by atoms with Crippen molar-refractivity contribution in [2.45, 2.75) is 39.2 Å². The van der Waals surface area contributed by atoms with Crippen molar-refractivity contribution in [2.75, 3.05) is 12.4 Å². The van der Waals surface area contributed by atoms with E-state index in [0.717, 1.165) is 11.4 Å². The topological polar surface area (TPSA) is 21.3 Å². The number of ether oxygens (including phenoxy) is 1. The van der Waals surface area contributed by atoms with Crippen LogP contribution in [-0.4, -0.2) is 13.2 Å². The van der Waals surface area contributed by atoms with Gasteiger partial charge in [0.25, 0.3) is 0 Å². The van der Waals surface area contributed by atoms with Gasteiger partial charge in [0.15, 0.2) is 0 Å². The first kappa shape index (κ1) is 11.3. The molecule has 1 aromatic rings. The van der Waals surface area contributed by atoms with Crippen molar-refractivity contribution in [1.82, 2.24) is 0 Å². The number of para-hydroxylation sites is 2. The maximum atomic E-state index is 5.36. The zero-order valence-electron chi connectivity index (χ0n) is 10.4. The Bertz CT molecular complexity index is 360. The summed E-state index contributed by atoms with van der Waals surface area (Å²) in [7, 11) is 1.72. The molecule has 0 spiro atoms. The molecule has 1 aliphatic carbocycles. The Labute approximate surface area is 98.0 Å². The van der Waals surface area contributed by atoms with Gasteiger partial charge in [-0.3, -0.25) is 0 Å². The molecule has 88 valence electrons. The minimum atomic E-state index is 0.390. The third-order valence-corrected chi connectivity index (χ3v) is 3.69. The predicted molar refractivity (Wildman–Crippen MR) is 68.0 cm³/mol. The predicted octanol–water partition coefficient (Wildman–Crippen LogP) is 3.69. The van der Waals surface area contributed by atoms with Crippen molar-refractivity contribution in [2.24, 2.45) is 5.41 Å². The van der Waals surface area contributed by atoms with E-state index in [4.69, 9.17) is 4.74 Å². The molecule has 0 heterocycles. The summed E-state index contributed by atoms with van der Waals surface area (Å²) >= 11 is 0. The number of anilines is 1. The molecule has 2 nitrogen and oxygen atoms in total. The van der Waals surface area contributed by atoms with Crippen LogP contribution in [0.25, 0.3) is 0 Å². The lowest BCUT2D eigenvalue weighted by atomic mass is 9.87. The van der Waals surface area contributed by atoms with Crippen LogP contribution < -0.4 is 10.1 Å². The van der Waals surface area contributed by atoms with Crippen molar-refractivity contribution in [3.8, 4) is 5.75 Å². The normalized spacial score (nSPS) is 23.1. The van der Waals surface area contributed by atoms with E-state index in [1.54, 1.807) is 7.11 Å². The molecule has 1 atom stereocenters. The van der Waals surface area contributed by atoms with E-state index in [1.165, 1.54) is 19.3 Å². The van der Waals surface area contributed by atoms with Crippen molar-refractivity contribution in [1.29, 1.82) is 0 Å². The first-order chi connectivity index (χ1) is 7.63. The van der Waals surface area contributed by atoms with Crippen LogP contribution in [0.3, 0.4) is 0 Å². The molecule has 1 fully saturated rings. The summed E-state index contributed by atoms with van der Waals surface area (Å²) < 4.78 is 5.36. The molecule has 0 radical (unpaired) electrons. The summed E-state index contributed by atoms with van der Waals surface area (Å²) in [6.07, 6.45) is 3.88. The Morgan fingerprint density at radius 3 is 2.69 bits per heavy atom. The highest BCUT2D eigenvalue weighted by molar-refractivity contribution is 5.57. The molecular formula is C14H21NO. The summed E-state index contributed by atoms with van der Waals surface area (Å²) in [5.74, 6) is 0.935. The van der Waals surface area contributed by atoms with Crippen molar-refractivity contribution < 1.29 is 4.74 Å². The molecule has 1 N–H and O–H groups in total. The Morgan fingerprint density at radius 1 is 1.31 bits per heavy atom. The van der Waals surface area contributed by atoms with Crippen LogP contribution in [0.1, 0.15) is 33.1 Å². The minimum absolute atomic E-state index is 0.390. The van der Waals surface area contributed by atoms with E-state index < -0.39 is 0 Å². The molecule has 1 unspecified atom stereocenters. The summed E-state index contributed by atoms with van der Waals surface area (Å²) in [4.78, 5) is 0. The van der Waals surface area contributed by atoms with Crippen LogP contribution in [0.4, 0.5) is 5.69 Å². The first-order valence-corrected chi connectivity index (χ1v) is 6.03. The Hall–Kier alpha value is -1.18. The molecule has 0 bridgehead atoms. The lowest BCUT2D eigenvalue weighted by molar-refractivity contribution is 0.348. The number of nitrogens with one attached hydrogen (secondary N) is 1. The van der Waals surface area contributed by atoms with Crippen molar-refractivity contribution in [3.05, 3.63) is 24.3 Å². The van der Waals surface area contributed by atoms with Crippen LogP contribution in [0, 0.1) is 5.41 Å². The quantitative estimate of drug-likeness (QED) is 0.837. The summed E-state index contributed by atoms with van der Waals surface area (Å²) in [5.41, 5.74) is 1.51. The standard InChI is InChI=1S/C14H21NO/c1-14(2)10-6-9-13(14)15-11-7-4-5-8-12(11)16-3/h4-5,7-8,13,15H,6,9-10H2,1-3H3. The van der Waals surface area contributed by atoms with E-state index >= 15 is 0 Å². The zero-order valence-corrected chi connectivity index (χ0v) is 10.4. The molecular weight excluding hydrogens is 198 g/mol. The fourth-order valence-electron chi connectivity index (χ4n) is 2.55. The lowest BCUT2D eigenvalue weighted by Crippen LogP contribution is -2.30. The van der Waals surface area contributed by atoms with Crippen LogP contribution in [-0.2, 0) is 0 Å². The van der Waals surface area contributed by atoms with Gasteiger partial charge in [0.05, 0.1) is 12.8 Å². The van der Waals surface area contributed by atoms with Gasteiger partial charge in [-0.15, -0.1) is 0 Å². The van der Waals surface area contributed by atoms with E-state index in [0.29, 0.717) is 11.5 Å². The molecule has 0 aliphatic heterocycles. The second kappa shape index (κ2) is 4.36. The average Bonchev–Trinajstić information content (AvgIpc) is 2.59. The van der Waals surface area contributed by atoms with Gasteiger partial charge in [0.2, 0.25) is 0 Å². The van der Waals surface area contributed by atoms with Gasteiger partial charge in [-0.05, 0) is 30.4 Å². The molecule has 16 heavy (non-hydrogen) atoms. The van der Waals surface area contributed by atoms with E-state index in [2.05, 4.69) is 25.2 Å². The SMILES string of the molecule is COc1ccccc1NC1CCCC1(C)C. The van der Waals surface area contributed by atoms with Gasteiger partial charge in [0.1, 0.15) is 5.75 Å². The van der Waals surface area contributed by atoms with E-state index in [9.17, 15) is 0 Å². The fraction of sp³-hybridized carbons (Fsp3) is 0.571. The van der Waals surface area contributed by atoms with Crippen LogP contribution in [0.5, 0.6) is 5.75 Å². The number of rotatable bonds is 3. The Balaban J connectivity index is 2.14. The van der Waals surface area contributed by atoms with Crippen LogP contribution in [0.2, 0.25) is 0 Å². The third kappa shape index (κ3) is 2.16. The van der Waals surface area contributed by atoms with Gasteiger partial charge in [-0.25, -0.2) is 0 Å². The monoisotopic (exact) mass is 219 g/mol. The summed E-state index contributed by atoms with van der Waals surface area (Å²) in [5, 5.41) is 3.63. The van der Waals surface area contributed by atoms with E-state index in [1.807, 2.05) is 18.2 Å². The first-order valence-electron chi connectivity index (χ1n) is 6.03. The molecule has 1 saturated carbocycles.